The van der Waals surface area contributed by atoms with Crippen molar-refractivity contribution in [3.8, 4) is 5.69 Å². The Hall–Kier alpha value is -3.38. The van der Waals surface area contributed by atoms with Gasteiger partial charge in [-0.15, -0.1) is 0 Å². The number of aryl methyl sites for hydroxylation is 2. The first-order valence-corrected chi connectivity index (χ1v) is 9.56. The number of carboxylic acids is 1. The molecule has 0 atom stereocenters. The van der Waals surface area contributed by atoms with Crippen LogP contribution in [0.25, 0.3) is 5.69 Å². The summed E-state index contributed by atoms with van der Waals surface area (Å²) in [4.78, 5) is 27.5. The van der Waals surface area contributed by atoms with Gasteiger partial charge in [0.25, 0.3) is 0 Å². The zero-order valence-corrected chi connectivity index (χ0v) is 17.8. The van der Waals surface area contributed by atoms with E-state index in [4.69, 9.17) is 16.3 Å². The van der Waals surface area contributed by atoms with Crippen LogP contribution in [0.15, 0.2) is 47.5 Å². The number of aromatic carboxylic acids is 1. The number of hydrogen-bond donors (Lipinski definition) is 1. The Bertz CT molecular complexity index is 1180. The maximum absolute atomic E-state index is 11.8. The van der Waals surface area contributed by atoms with E-state index in [2.05, 4.69) is 4.99 Å². The molecular formula is C23H21ClN2O4. The van der Waals surface area contributed by atoms with Gasteiger partial charge < -0.3 is 14.4 Å². The van der Waals surface area contributed by atoms with E-state index in [0.717, 1.165) is 28.2 Å². The molecule has 2 aromatic carbocycles. The quantitative estimate of drug-likeness (QED) is 0.445. The standard InChI is InChI=1S/C23H21ClN2O4/c1-13-5-6-16(23(29)30-4)10-21(13)25-12-17-9-14(2)26(15(17)3)18-7-8-19(22(27)28)20(24)11-18/h5-12H,1-4H3,(H,27,28). The lowest BCUT2D eigenvalue weighted by Gasteiger charge is -2.11. The number of hydrogen-bond acceptors (Lipinski definition) is 4. The molecule has 1 heterocycles. The highest BCUT2D eigenvalue weighted by molar-refractivity contribution is 6.33. The highest BCUT2D eigenvalue weighted by Gasteiger charge is 2.14. The second-order valence-corrected chi connectivity index (χ2v) is 7.29. The Labute approximate surface area is 179 Å². The van der Waals surface area contributed by atoms with Gasteiger partial charge in [-0.05, 0) is 62.7 Å². The topological polar surface area (TPSA) is 80.9 Å². The third-order valence-electron chi connectivity index (χ3n) is 4.88. The van der Waals surface area contributed by atoms with E-state index in [9.17, 15) is 14.7 Å². The van der Waals surface area contributed by atoms with Gasteiger partial charge in [0, 0.05) is 28.9 Å². The molecule has 0 aliphatic carbocycles. The van der Waals surface area contributed by atoms with Crippen molar-refractivity contribution in [3.63, 3.8) is 0 Å². The molecule has 0 saturated heterocycles. The first kappa shape index (κ1) is 21.3. The van der Waals surface area contributed by atoms with Gasteiger partial charge in [0.1, 0.15) is 0 Å². The summed E-state index contributed by atoms with van der Waals surface area (Å²) in [7, 11) is 1.34. The fraction of sp³-hybridized carbons (Fsp3) is 0.174. The summed E-state index contributed by atoms with van der Waals surface area (Å²) in [5, 5.41) is 9.35. The van der Waals surface area contributed by atoms with Gasteiger partial charge >= 0.3 is 11.9 Å². The Kier molecular flexibility index (Phi) is 6.08. The van der Waals surface area contributed by atoms with Crippen molar-refractivity contribution in [2.45, 2.75) is 20.8 Å². The molecule has 0 spiro atoms. The van der Waals surface area contributed by atoms with Crippen LogP contribution >= 0.6 is 11.6 Å². The summed E-state index contributed by atoms with van der Waals surface area (Å²) in [6.07, 6.45) is 1.75. The lowest BCUT2D eigenvalue weighted by molar-refractivity contribution is 0.0600. The molecule has 6 nitrogen and oxygen atoms in total. The number of carbonyl (C=O) groups is 2. The third-order valence-corrected chi connectivity index (χ3v) is 5.20. The van der Waals surface area contributed by atoms with Crippen LogP contribution in [0.1, 0.15) is 43.2 Å². The third kappa shape index (κ3) is 4.14. The minimum Gasteiger partial charge on any atom is -0.478 e. The first-order valence-electron chi connectivity index (χ1n) is 9.18. The van der Waals surface area contributed by atoms with Crippen LogP contribution < -0.4 is 0 Å². The molecule has 0 radical (unpaired) electrons. The van der Waals surface area contributed by atoms with Crippen molar-refractivity contribution in [2.75, 3.05) is 7.11 Å². The lowest BCUT2D eigenvalue weighted by atomic mass is 10.1. The molecule has 1 aromatic heterocycles. The van der Waals surface area contributed by atoms with Crippen LogP contribution in [0, 0.1) is 20.8 Å². The fourth-order valence-corrected chi connectivity index (χ4v) is 3.52. The largest absolute Gasteiger partial charge is 0.478 e. The number of carboxylic acid groups (broad SMARTS) is 1. The van der Waals surface area contributed by atoms with E-state index in [0.29, 0.717) is 11.3 Å². The second kappa shape index (κ2) is 8.55. The van der Waals surface area contributed by atoms with Gasteiger partial charge in [0.05, 0.1) is 28.9 Å². The summed E-state index contributed by atoms with van der Waals surface area (Å²) in [5.74, 6) is -1.48. The molecule has 0 aliphatic heterocycles. The van der Waals surface area contributed by atoms with Gasteiger partial charge in [-0.2, -0.15) is 0 Å². The van der Waals surface area contributed by atoms with E-state index in [1.807, 2.05) is 37.5 Å². The lowest BCUT2D eigenvalue weighted by Crippen LogP contribution is -2.02. The molecule has 3 aromatic rings. The number of nitrogens with zero attached hydrogens (tertiary/aromatic N) is 2. The predicted octanol–water partition coefficient (Wildman–Crippen LogP) is 5.29. The van der Waals surface area contributed by atoms with Crippen LogP contribution in [0.2, 0.25) is 5.02 Å². The van der Waals surface area contributed by atoms with Gasteiger partial charge in [0.15, 0.2) is 0 Å². The molecule has 30 heavy (non-hydrogen) atoms. The number of esters is 1. The SMILES string of the molecule is COC(=O)c1ccc(C)c(N=Cc2cc(C)n(-c3ccc(C(=O)O)c(Cl)c3)c2C)c1. The van der Waals surface area contributed by atoms with Crippen molar-refractivity contribution >= 4 is 35.4 Å². The number of aromatic nitrogens is 1. The van der Waals surface area contributed by atoms with Crippen LogP contribution in [0.4, 0.5) is 5.69 Å². The summed E-state index contributed by atoms with van der Waals surface area (Å²) < 4.78 is 6.75. The maximum Gasteiger partial charge on any atom is 0.337 e. The number of benzene rings is 2. The molecule has 0 amide bonds. The van der Waals surface area contributed by atoms with Crippen LogP contribution in [-0.2, 0) is 4.74 Å². The van der Waals surface area contributed by atoms with Crippen molar-refractivity contribution in [1.82, 2.24) is 4.57 Å². The van der Waals surface area contributed by atoms with Gasteiger partial charge in [0.2, 0.25) is 0 Å². The van der Waals surface area contributed by atoms with Gasteiger partial charge in [-0.1, -0.05) is 17.7 Å². The Balaban J connectivity index is 1.98. The van der Waals surface area contributed by atoms with Crippen LogP contribution in [0.3, 0.4) is 0 Å². The van der Waals surface area contributed by atoms with Crippen molar-refractivity contribution in [1.29, 1.82) is 0 Å². The maximum atomic E-state index is 11.8. The molecule has 7 heteroatoms. The molecule has 0 fully saturated rings. The zero-order valence-electron chi connectivity index (χ0n) is 17.1. The molecule has 0 unspecified atom stereocenters. The summed E-state index contributed by atoms with van der Waals surface area (Å²) in [6.45, 7) is 5.82. The molecule has 0 bridgehead atoms. The van der Waals surface area contributed by atoms with E-state index in [1.54, 1.807) is 30.5 Å². The Morgan fingerprint density at radius 2 is 1.83 bits per heavy atom. The smallest absolute Gasteiger partial charge is 0.337 e. The number of ether oxygens (including phenoxy) is 1. The van der Waals surface area contributed by atoms with Crippen molar-refractivity contribution in [3.05, 3.63) is 81.1 Å². The minimum atomic E-state index is -1.06. The van der Waals surface area contributed by atoms with Gasteiger partial charge in [-0.3, -0.25) is 4.99 Å². The molecule has 3 rings (SSSR count). The number of carbonyl (C=O) groups excluding carboxylic acids is 1. The molecular weight excluding hydrogens is 404 g/mol. The van der Waals surface area contributed by atoms with E-state index >= 15 is 0 Å². The van der Waals surface area contributed by atoms with Crippen LogP contribution in [-0.4, -0.2) is 34.9 Å². The highest BCUT2D eigenvalue weighted by atomic mass is 35.5. The number of halogens is 1. The highest BCUT2D eigenvalue weighted by Crippen LogP contribution is 2.26. The van der Waals surface area contributed by atoms with E-state index in [1.165, 1.54) is 13.2 Å². The molecule has 0 aliphatic rings. The van der Waals surface area contributed by atoms with E-state index in [-0.39, 0.29) is 10.6 Å². The number of rotatable bonds is 5. The molecule has 154 valence electrons. The molecule has 0 saturated carbocycles. The minimum absolute atomic E-state index is 0.0608. The second-order valence-electron chi connectivity index (χ2n) is 6.88. The van der Waals surface area contributed by atoms with Crippen LogP contribution in [0.5, 0.6) is 0 Å². The Morgan fingerprint density at radius 3 is 2.47 bits per heavy atom. The first-order chi connectivity index (χ1) is 14.2. The normalized spacial score (nSPS) is 11.1. The fourth-order valence-electron chi connectivity index (χ4n) is 3.26. The molecule has 1 N–H and O–H groups in total. The summed E-state index contributed by atoms with van der Waals surface area (Å²) in [6, 6.07) is 12.1. The van der Waals surface area contributed by atoms with Crippen molar-refractivity contribution in [2.24, 2.45) is 4.99 Å². The van der Waals surface area contributed by atoms with Gasteiger partial charge in [-0.25, -0.2) is 9.59 Å². The average Bonchev–Trinajstić information content (AvgIpc) is 2.99. The Morgan fingerprint density at radius 1 is 1.10 bits per heavy atom. The summed E-state index contributed by atoms with van der Waals surface area (Å²) >= 11 is 6.14. The monoisotopic (exact) mass is 424 g/mol. The number of aliphatic imine (C=N–C) groups is 1. The number of methoxy groups -OCH3 is 1. The summed E-state index contributed by atoms with van der Waals surface area (Å²) in [5.41, 5.74) is 5.66. The zero-order chi connectivity index (χ0) is 22.0. The van der Waals surface area contributed by atoms with Crippen molar-refractivity contribution < 1.29 is 19.4 Å². The average molecular weight is 425 g/mol. The predicted molar refractivity (Wildman–Crippen MR) is 117 cm³/mol. The van der Waals surface area contributed by atoms with E-state index < -0.39 is 11.9 Å².